The topological polar surface area (TPSA) is 58.2 Å². The third-order valence-electron chi connectivity index (χ3n) is 3.47. The smallest absolute Gasteiger partial charge is 0.203 e. The summed E-state index contributed by atoms with van der Waals surface area (Å²) in [5.74, 6) is 0.460. The third-order valence-corrected chi connectivity index (χ3v) is 3.47. The predicted molar refractivity (Wildman–Crippen MR) is 96.1 cm³/mol. The normalized spacial score (nSPS) is 11.7. The van der Waals surface area contributed by atoms with Crippen LogP contribution < -0.4 is 9.92 Å². The molecule has 0 radical (unpaired) electrons. The summed E-state index contributed by atoms with van der Waals surface area (Å²) in [6, 6.07) is 17.2. The van der Waals surface area contributed by atoms with Crippen molar-refractivity contribution in [1.29, 1.82) is 0 Å². The van der Waals surface area contributed by atoms with Gasteiger partial charge in [0.05, 0.1) is 11.0 Å². The number of aromatic nitrogens is 2. The molecule has 0 amide bonds. The maximum atomic E-state index is 4.29. The molecule has 0 bridgehead atoms. The van der Waals surface area contributed by atoms with Gasteiger partial charge in [0, 0.05) is 37.1 Å². The van der Waals surface area contributed by atoms with Crippen LogP contribution in [-0.2, 0) is 14.1 Å². The molecule has 2 heterocycles. The van der Waals surface area contributed by atoms with Crippen LogP contribution in [0.25, 0.3) is 0 Å². The molecular weight excluding hydrogens is 312 g/mol. The fourth-order valence-electron chi connectivity index (χ4n) is 2.05. The lowest BCUT2D eigenvalue weighted by Crippen LogP contribution is -2.25. The quantitative estimate of drug-likeness (QED) is 0.233. The van der Waals surface area contributed by atoms with Gasteiger partial charge in [-0.2, -0.15) is 0 Å². The molecule has 3 aromatic rings. The summed E-state index contributed by atoms with van der Waals surface area (Å²) in [7, 11) is 3.91. The molecule has 3 rings (SSSR count). The van der Waals surface area contributed by atoms with Crippen LogP contribution in [0.1, 0.15) is 5.56 Å². The Morgan fingerprint density at radius 2 is 1.60 bits per heavy atom. The van der Waals surface area contributed by atoms with Gasteiger partial charge < -0.3 is 4.57 Å². The van der Waals surface area contributed by atoms with Gasteiger partial charge in [0.15, 0.2) is 12.4 Å². The van der Waals surface area contributed by atoms with Gasteiger partial charge >= 0.3 is 0 Å². The minimum atomic E-state index is 0.460. The highest BCUT2D eigenvalue weighted by Gasteiger charge is 2.02. The molecule has 6 nitrogen and oxygen atoms in total. The van der Waals surface area contributed by atoms with Crippen molar-refractivity contribution in [2.45, 2.75) is 0 Å². The molecule has 0 unspecified atom stereocenters. The van der Waals surface area contributed by atoms with Crippen LogP contribution in [0.5, 0.6) is 0 Å². The number of amidine groups is 1. The van der Waals surface area contributed by atoms with E-state index in [4.69, 9.17) is 0 Å². The molecule has 0 aliphatic heterocycles. The number of aryl methyl sites for hydroxylation is 2. The summed E-state index contributed by atoms with van der Waals surface area (Å²) in [5, 5.41) is 17.9. The van der Waals surface area contributed by atoms with Crippen molar-refractivity contribution in [2.75, 3.05) is 0 Å². The van der Waals surface area contributed by atoms with Gasteiger partial charge in [-0.05, 0) is 12.1 Å². The molecule has 25 heavy (non-hydrogen) atoms. The van der Waals surface area contributed by atoms with Crippen molar-refractivity contribution >= 4 is 11.5 Å². The summed E-state index contributed by atoms with van der Waals surface area (Å²) in [4.78, 5) is 0. The first-order valence-electron chi connectivity index (χ1n) is 7.87. The first kappa shape index (κ1) is 16.4. The zero-order valence-electron chi connectivity index (χ0n) is 14.2. The van der Waals surface area contributed by atoms with E-state index in [1.54, 1.807) is 0 Å². The number of rotatable bonds is 3. The molecule has 0 atom stereocenters. The number of nitrogens with zero attached hydrogens (tertiary/aromatic N) is 6. The molecular formula is C19H19N6+. The van der Waals surface area contributed by atoms with E-state index in [2.05, 4.69) is 20.4 Å². The Bertz CT molecular complexity index is 933. The standard InChI is InChI=1S/C19H19N6/c1-24-12-8-17(9-13-24)20-22-19(16-6-4-3-5-7-16)23-21-18-10-14-25(2)15-11-18/h3-15H,1-2H3/q+1. The van der Waals surface area contributed by atoms with Gasteiger partial charge in [-0.15, -0.1) is 20.4 Å². The summed E-state index contributed by atoms with van der Waals surface area (Å²) >= 11 is 0. The van der Waals surface area contributed by atoms with Crippen LogP contribution in [0.15, 0.2) is 99.8 Å². The molecule has 0 aliphatic rings. The number of azo groups is 1. The Labute approximate surface area is 146 Å². The van der Waals surface area contributed by atoms with E-state index in [1.807, 2.05) is 103 Å². The second-order valence-corrected chi connectivity index (χ2v) is 5.53. The van der Waals surface area contributed by atoms with E-state index in [0.717, 1.165) is 16.6 Å². The van der Waals surface area contributed by atoms with Gasteiger partial charge in [0.25, 0.3) is 0 Å². The van der Waals surface area contributed by atoms with Crippen LogP contribution in [-0.4, -0.2) is 10.4 Å². The molecule has 0 saturated carbocycles. The fourth-order valence-corrected chi connectivity index (χ4v) is 2.05. The van der Waals surface area contributed by atoms with Crippen LogP contribution in [0.4, 0.5) is 5.69 Å². The molecule has 0 N–H and O–H groups in total. The van der Waals surface area contributed by atoms with Crippen LogP contribution in [0, 0.1) is 0 Å². The molecule has 2 aromatic heterocycles. The fraction of sp³-hybridized carbons (Fsp3) is 0.105. The summed E-state index contributed by atoms with van der Waals surface area (Å²) in [6.07, 6.45) is 7.67. The molecule has 6 heteroatoms. The highest BCUT2D eigenvalue weighted by molar-refractivity contribution is 5.99. The molecule has 124 valence electrons. The van der Waals surface area contributed by atoms with Crippen LogP contribution in [0.3, 0.4) is 0 Å². The van der Waals surface area contributed by atoms with Crippen molar-refractivity contribution in [3.63, 3.8) is 0 Å². The van der Waals surface area contributed by atoms with E-state index >= 15 is 0 Å². The zero-order valence-corrected chi connectivity index (χ0v) is 14.2. The van der Waals surface area contributed by atoms with Crippen molar-refractivity contribution in [1.82, 2.24) is 4.57 Å². The van der Waals surface area contributed by atoms with E-state index in [9.17, 15) is 0 Å². The second-order valence-electron chi connectivity index (χ2n) is 5.53. The average Bonchev–Trinajstić information content (AvgIpc) is 2.65. The Kier molecular flexibility index (Phi) is 5.21. The lowest BCUT2D eigenvalue weighted by molar-refractivity contribution is -0.671. The lowest BCUT2D eigenvalue weighted by Gasteiger charge is -1.98. The SMILES string of the molecule is Cn1ccc(=NN=C(N=Nc2cc[n+](C)cc2)c2ccccc2)cc1. The second kappa shape index (κ2) is 7.92. The molecule has 1 aromatic carbocycles. The number of hydrogen-bond donors (Lipinski definition) is 0. The Morgan fingerprint density at radius 3 is 2.28 bits per heavy atom. The largest absolute Gasteiger partial charge is 0.357 e. The third kappa shape index (κ3) is 4.78. The van der Waals surface area contributed by atoms with Crippen LogP contribution >= 0.6 is 0 Å². The van der Waals surface area contributed by atoms with E-state index in [1.165, 1.54) is 0 Å². The summed E-state index contributed by atoms with van der Waals surface area (Å²) < 4.78 is 3.88. The summed E-state index contributed by atoms with van der Waals surface area (Å²) in [6.45, 7) is 0. The van der Waals surface area contributed by atoms with Gasteiger partial charge in [-0.1, -0.05) is 30.3 Å². The Hall–Kier alpha value is -3.41. The molecule has 0 aliphatic carbocycles. The number of pyridine rings is 2. The zero-order chi connectivity index (χ0) is 17.5. The molecule has 0 spiro atoms. The minimum absolute atomic E-state index is 0.460. The van der Waals surface area contributed by atoms with Gasteiger partial charge in [-0.25, -0.2) is 4.57 Å². The Balaban J connectivity index is 1.95. The first-order valence-corrected chi connectivity index (χ1v) is 7.87. The average molecular weight is 331 g/mol. The summed E-state index contributed by atoms with van der Waals surface area (Å²) in [5.41, 5.74) is 1.62. The minimum Gasteiger partial charge on any atom is -0.357 e. The highest BCUT2D eigenvalue weighted by Crippen LogP contribution is 2.11. The predicted octanol–water partition coefficient (Wildman–Crippen LogP) is 2.90. The number of hydrogen-bond acceptors (Lipinski definition) is 3. The van der Waals surface area contributed by atoms with E-state index in [-0.39, 0.29) is 0 Å². The first-order chi connectivity index (χ1) is 12.2. The van der Waals surface area contributed by atoms with E-state index < -0.39 is 0 Å². The van der Waals surface area contributed by atoms with Crippen molar-refractivity contribution in [3.8, 4) is 0 Å². The van der Waals surface area contributed by atoms with Crippen molar-refractivity contribution < 1.29 is 4.57 Å². The maximum absolute atomic E-state index is 4.29. The monoisotopic (exact) mass is 331 g/mol. The van der Waals surface area contributed by atoms with Crippen molar-refractivity contribution in [3.05, 3.63) is 90.3 Å². The van der Waals surface area contributed by atoms with Gasteiger partial charge in [0.1, 0.15) is 7.05 Å². The van der Waals surface area contributed by atoms with Gasteiger partial charge in [0.2, 0.25) is 5.84 Å². The molecule has 0 fully saturated rings. The number of benzene rings is 1. The maximum Gasteiger partial charge on any atom is 0.203 e. The van der Waals surface area contributed by atoms with Crippen molar-refractivity contribution in [2.24, 2.45) is 34.5 Å². The van der Waals surface area contributed by atoms with E-state index in [0.29, 0.717) is 5.84 Å². The molecule has 0 saturated heterocycles. The lowest BCUT2D eigenvalue weighted by atomic mass is 10.2. The highest BCUT2D eigenvalue weighted by atomic mass is 15.3. The van der Waals surface area contributed by atoms with Crippen LogP contribution in [0.2, 0.25) is 0 Å². The Morgan fingerprint density at radius 1 is 0.920 bits per heavy atom. The van der Waals surface area contributed by atoms with Gasteiger partial charge in [-0.3, -0.25) is 0 Å².